The van der Waals surface area contributed by atoms with E-state index in [2.05, 4.69) is 12.2 Å². The van der Waals surface area contributed by atoms with Gasteiger partial charge in [0.05, 0.1) is 38.6 Å². The molecule has 17 atom stereocenters. The lowest BCUT2D eigenvalue weighted by molar-refractivity contribution is -0.379. The lowest BCUT2D eigenvalue weighted by Gasteiger charge is -2.48. The molecule has 0 aliphatic carbocycles. The fourth-order valence-corrected chi connectivity index (χ4v) is 10.0. The number of unbranched alkanes of at least 4 members (excludes halogenated alkanes) is 26. The van der Waals surface area contributed by atoms with Crippen LogP contribution in [0.1, 0.15) is 200 Å². The summed E-state index contributed by atoms with van der Waals surface area (Å²) in [6.45, 7) is 1.49. The van der Waals surface area contributed by atoms with Crippen molar-refractivity contribution in [2.75, 3.05) is 26.4 Å². The number of carbonyl (C=O) groups is 1. The number of amides is 1. The second kappa shape index (κ2) is 39.8. The van der Waals surface area contributed by atoms with Gasteiger partial charge in [0.15, 0.2) is 18.9 Å². The number of ether oxygens (including phenoxy) is 6. The van der Waals surface area contributed by atoms with E-state index in [0.717, 1.165) is 25.7 Å². The monoisotopic (exact) mass is 1070 g/mol. The molecule has 12 N–H and O–H groups in total. The Morgan fingerprint density at radius 2 is 0.838 bits per heavy atom. The molecule has 74 heavy (non-hydrogen) atoms. The van der Waals surface area contributed by atoms with E-state index in [9.17, 15) is 61.0 Å². The number of aliphatic hydroxyl groups is 11. The first-order valence-electron chi connectivity index (χ1n) is 28.9. The summed E-state index contributed by atoms with van der Waals surface area (Å²) in [6, 6.07) is -0.963. The summed E-state index contributed by atoms with van der Waals surface area (Å²) in [5, 5.41) is 119. The first-order valence-corrected chi connectivity index (χ1v) is 28.9. The fraction of sp³-hybridized carbons (Fsp3) is 0.945. The highest BCUT2D eigenvalue weighted by Gasteiger charge is 2.53. The van der Waals surface area contributed by atoms with Gasteiger partial charge in [-0.2, -0.15) is 0 Å². The maximum Gasteiger partial charge on any atom is 0.220 e. The first-order chi connectivity index (χ1) is 35.8. The normalized spacial score (nSPS) is 31.5. The molecule has 0 radical (unpaired) electrons. The molecule has 1 amide bonds. The SMILES string of the molecule is CCC/C=C/C(O)C(COC1OC(CO)C(OC2OC(CO)C(OC3OC(CO)C(O)C(O)C3O)C(O)C2O)C(O)C1O)NC(=O)CCCCCCCCCCCCCCCCCCCCCCCCCCCC. The molecule has 3 heterocycles. The second-order valence-electron chi connectivity index (χ2n) is 21.1. The molecule has 0 bridgehead atoms. The van der Waals surface area contributed by atoms with Crippen LogP contribution < -0.4 is 5.32 Å². The van der Waals surface area contributed by atoms with E-state index in [1.807, 2.05) is 6.92 Å². The zero-order valence-electron chi connectivity index (χ0n) is 45.1. The van der Waals surface area contributed by atoms with Gasteiger partial charge in [-0.15, -0.1) is 0 Å². The third kappa shape index (κ3) is 24.3. The summed E-state index contributed by atoms with van der Waals surface area (Å²) in [5.41, 5.74) is 0. The molecule has 19 heteroatoms. The van der Waals surface area contributed by atoms with E-state index in [-0.39, 0.29) is 18.9 Å². The Morgan fingerprint density at radius 1 is 0.473 bits per heavy atom. The van der Waals surface area contributed by atoms with Gasteiger partial charge in [0.2, 0.25) is 5.91 Å². The molecule has 19 nitrogen and oxygen atoms in total. The minimum absolute atomic E-state index is 0.246. The van der Waals surface area contributed by atoms with Crippen molar-refractivity contribution >= 4 is 5.91 Å². The van der Waals surface area contributed by atoms with E-state index >= 15 is 0 Å². The third-order valence-electron chi connectivity index (χ3n) is 14.8. The standard InChI is InChI=1S/C55H103NO18/c1-3-5-7-8-9-10-11-12-13-14-15-16-17-18-19-20-21-22-23-24-25-26-27-28-29-31-33-43(61)56-38(39(60)32-30-6-4-2)37-69-53-49(67)46(64)51(41(35-58)71-53)74-55-50(68)47(65)52(42(36-59)72-55)73-54-48(66)45(63)44(62)40(34-57)70-54/h30,32,38-42,44-55,57-60,62-68H,3-29,31,33-37H2,1-2H3,(H,56,61)/b32-30+. The lowest BCUT2D eigenvalue weighted by atomic mass is 9.96. The van der Waals surface area contributed by atoms with E-state index in [1.54, 1.807) is 12.2 Å². The maximum atomic E-state index is 13.1. The highest BCUT2D eigenvalue weighted by Crippen LogP contribution is 2.33. The Hall–Kier alpha value is -1.47. The van der Waals surface area contributed by atoms with Gasteiger partial charge < -0.3 is 89.9 Å². The predicted octanol–water partition coefficient (Wildman–Crippen LogP) is 4.21. The van der Waals surface area contributed by atoms with Gasteiger partial charge in [0, 0.05) is 6.42 Å². The van der Waals surface area contributed by atoms with Crippen LogP contribution in [-0.4, -0.2) is 193 Å². The van der Waals surface area contributed by atoms with Gasteiger partial charge in [0.25, 0.3) is 0 Å². The van der Waals surface area contributed by atoms with Crippen molar-refractivity contribution in [1.29, 1.82) is 0 Å². The maximum absolute atomic E-state index is 13.1. The van der Waals surface area contributed by atoms with Crippen LogP contribution in [-0.2, 0) is 33.2 Å². The third-order valence-corrected chi connectivity index (χ3v) is 14.8. The van der Waals surface area contributed by atoms with Gasteiger partial charge in [-0.25, -0.2) is 0 Å². The van der Waals surface area contributed by atoms with Crippen molar-refractivity contribution in [1.82, 2.24) is 5.32 Å². The molecule has 436 valence electrons. The van der Waals surface area contributed by atoms with Gasteiger partial charge in [-0.1, -0.05) is 193 Å². The van der Waals surface area contributed by atoms with Crippen molar-refractivity contribution in [2.45, 2.75) is 304 Å². The van der Waals surface area contributed by atoms with Crippen LogP contribution in [0, 0.1) is 0 Å². The van der Waals surface area contributed by atoms with Crippen LogP contribution in [0.15, 0.2) is 12.2 Å². The largest absolute Gasteiger partial charge is 0.394 e. The van der Waals surface area contributed by atoms with Crippen molar-refractivity contribution in [3.05, 3.63) is 12.2 Å². The zero-order valence-corrected chi connectivity index (χ0v) is 45.1. The number of rotatable bonds is 42. The molecule has 3 fully saturated rings. The van der Waals surface area contributed by atoms with E-state index in [0.29, 0.717) is 12.8 Å². The van der Waals surface area contributed by atoms with Crippen molar-refractivity contribution in [2.24, 2.45) is 0 Å². The average Bonchev–Trinajstić information content (AvgIpc) is 3.39. The van der Waals surface area contributed by atoms with Crippen LogP contribution in [0.4, 0.5) is 0 Å². The van der Waals surface area contributed by atoms with Crippen molar-refractivity contribution < 1.29 is 89.4 Å². The van der Waals surface area contributed by atoms with E-state index in [1.165, 1.54) is 141 Å². The summed E-state index contributed by atoms with van der Waals surface area (Å²) in [7, 11) is 0. The zero-order chi connectivity index (χ0) is 54.1. The molecule has 3 saturated heterocycles. The molecular weight excluding hydrogens is 963 g/mol. The molecule has 3 rings (SSSR count). The topological polar surface area (TPSA) is 307 Å². The summed E-state index contributed by atoms with van der Waals surface area (Å²) in [6.07, 6.45) is 12.1. The molecule has 3 aliphatic rings. The van der Waals surface area contributed by atoms with E-state index < -0.39 is 124 Å². The molecule has 3 aliphatic heterocycles. The number of carbonyl (C=O) groups excluding carboxylic acids is 1. The van der Waals surface area contributed by atoms with Crippen molar-refractivity contribution in [3.63, 3.8) is 0 Å². The summed E-state index contributed by atoms with van der Waals surface area (Å²) in [4.78, 5) is 13.1. The molecule has 0 spiro atoms. The molecule has 0 saturated carbocycles. The Balaban J connectivity index is 1.32. The predicted molar refractivity (Wildman–Crippen MR) is 277 cm³/mol. The summed E-state index contributed by atoms with van der Waals surface area (Å²) < 4.78 is 33.9. The summed E-state index contributed by atoms with van der Waals surface area (Å²) in [5.74, 6) is -0.284. The minimum atomic E-state index is -1.97. The number of nitrogens with one attached hydrogen (secondary N) is 1. The highest BCUT2D eigenvalue weighted by atomic mass is 16.8. The number of hydrogen-bond donors (Lipinski definition) is 12. The minimum Gasteiger partial charge on any atom is -0.394 e. The van der Waals surface area contributed by atoms with Crippen LogP contribution in [0.3, 0.4) is 0 Å². The quantitative estimate of drug-likeness (QED) is 0.0301. The Morgan fingerprint density at radius 3 is 1.24 bits per heavy atom. The van der Waals surface area contributed by atoms with Gasteiger partial charge in [-0.3, -0.25) is 4.79 Å². The van der Waals surface area contributed by atoms with Gasteiger partial charge in [0.1, 0.15) is 73.2 Å². The smallest absolute Gasteiger partial charge is 0.220 e. The molecule has 17 unspecified atom stereocenters. The average molecular weight is 1070 g/mol. The number of allylic oxidation sites excluding steroid dienone is 1. The Bertz CT molecular complexity index is 1410. The highest BCUT2D eigenvalue weighted by molar-refractivity contribution is 5.76. The van der Waals surface area contributed by atoms with Crippen LogP contribution in [0.25, 0.3) is 0 Å². The van der Waals surface area contributed by atoms with Crippen LogP contribution in [0.5, 0.6) is 0 Å². The Labute approximate surface area is 442 Å². The van der Waals surface area contributed by atoms with Gasteiger partial charge in [-0.05, 0) is 12.8 Å². The van der Waals surface area contributed by atoms with E-state index in [4.69, 9.17) is 28.4 Å². The molecule has 0 aromatic rings. The van der Waals surface area contributed by atoms with Crippen LogP contribution >= 0.6 is 0 Å². The lowest BCUT2D eigenvalue weighted by Crippen LogP contribution is -2.66. The van der Waals surface area contributed by atoms with Crippen molar-refractivity contribution in [3.8, 4) is 0 Å². The van der Waals surface area contributed by atoms with Gasteiger partial charge >= 0.3 is 0 Å². The molecule has 0 aromatic carbocycles. The number of aliphatic hydroxyl groups excluding tert-OH is 11. The molecular formula is C55H103NO18. The summed E-state index contributed by atoms with van der Waals surface area (Å²) >= 11 is 0. The second-order valence-corrected chi connectivity index (χ2v) is 21.1. The van der Waals surface area contributed by atoms with Crippen LogP contribution in [0.2, 0.25) is 0 Å². The Kier molecular flexibility index (Phi) is 35.9. The fourth-order valence-electron chi connectivity index (χ4n) is 10.0. The number of hydrogen-bond acceptors (Lipinski definition) is 18. The molecule has 0 aromatic heterocycles. The first kappa shape index (κ1) is 66.8.